The normalized spacial score (nSPS) is 10.0. The molecule has 0 aliphatic carbocycles. The second kappa shape index (κ2) is 5.44. The molecule has 0 aromatic carbocycles. The van der Waals surface area contributed by atoms with Crippen LogP contribution in [0.1, 0.15) is 30.0 Å². The van der Waals surface area contributed by atoms with E-state index < -0.39 is 5.97 Å². The summed E-state index contributed by atoms with van der Waals surface area (Å²) >= 11 is 0. The Hall–Kier alpha value is -1.65. The minimum Gasteiger partial charge on any atom is -0.464 e. The Morgan fingerprint density at radius 2 is 2.00 bits per heavy atom. The van der Waals surface area contributed by atoms with Gasteiger partial charge in [-0.1, -0.05) is 0 Å². The first-order chi connectivity index (χ1) is 7.62. The number of aryl methyl sites for hydroxylation is 1. The first-order valence-corrected chi connectivity index (χ1v) is 5.31. The van der Waals surface area contributed by atoms with Gasteiger partial charge >= 0.3 is 5.97 Å². The molecule has 0 aliphatic heterocycles. The van der Waals surface area contributed by atoms with Crippen LogP contribution in [0.3, 0.4) is 0 Å². The fraction of sp³-hybridized carbons (Fsp3) is 0.545. The van der Waals surface area contributed by atoms with E-state index in [1.54, 1.807) is 6.07 Å². The average molecular weight is 223 g/mol. The lowest BCUT2D eigenvalue weighted by Crippen LogP contribution is -2.25. The molecule has 1 aromatic rings. The third kappa shape index (κ3) is 2.68. The standard InChI is InChI=1S/C11H17N3O2/c1-5-14(6-2)11-12-8(3)7-9(13-11)10(15)16-4/h7H,5-6H2,1-4H3. The van der Waals surface area contributed by atoms with Gasteiger partial charge in [-0.05, 0) is 26.8 Å². The molecule has 0 fully saturated rings. The highest BCUT2D eigenvalue weighted by Crippen LogP contribution is 2.10. The van der Waals surface area contributed by atoms with Crippen LogP contribution in [0, 0.1) is 6.92 Å². The second-order valence-electron chi connectivity index (χ2n) is 3.36. The molecule has 0 aliphatic rings. The van der Waals surface area contributed by atoms with Gasteiger partial charge in [0.25, 0.3) is 0 Å². The summed E-state index contributed by atoms with van der Waals surface area (Å²) in [5.41, 5.74) is 1.06. The predicted octanol–water partition coefficient (Wildman–Crippen LogP) is 1.42. The van der Waals surface area contributed by atoms with Gasteiger partial charge in [-0.25, -0.2) is 14.8 Å². The molecule has 0 saturated carbocycles. The molecule has 0 atom stereocenters. The molecule has 0 saturated heterocycles. The molecular weight excluding hydrogens is 206 g/mol. The Kier molecular flexibility index (Phi) is 4.22. The van der Waals surface area contributed by atoms with Gasteiger partial charge in [0, 0.05) is 18.8 Å². The summed E-state index contributed by atoms with van der Waals surface area (Å²) in [5, 5.41) is 0. The van der Waals surface area contributed by atoms with Crippen molar-refractivity contribution in [2.24, 2.45) is 0 Å². The molecule has 0 radical (unpaired) electrons. The largest absolute Gasteiger partial charge is 0.464 e. The van der Waals surface area contributed by atoms with Crippen molar-refractivity contribution in [3.8, 4) is 0 Å². The summed E-state index contributed by atoms with van der Waals surface area (Å²) in [6, 6.07) is 1.62. The molecule has 1 heterocycles. The van der Waals surface area contributed by atoms with Crippen molar-refractivity contribution in [3.05, 3.63) is 17.5 Å². The average Bonchev–Trinajstić information content (AvgIpc) is 2.29. The highest BCUT2D eigenvalue weighted by Gasteiger charge is 2.13. The molecule has 1 rings (SSSR count). The number of rotatable bonds is 4. The molecular formula is C11H17N3O2. The molecule has 0 bridgehead atoms. The maximum atomic E-state index is 11.4. The minimum absolute atomic E-state index is 0.303. The highest BCUT2D eigenvalue weighted by molar-refractivity contribution is 5.87. The van der Waals surface area contributed by atoms with Gasteiger partial charge in [-0.15, -0.1) is 0 Å². The van der Waals surface area contributed by atoms with Gasteiger partial charge in [-0.2, -0.15) is 0 Å². The lowest BCUT2D eigenvalue weighted by atomic mass is 10.3. The van der Waals surface area contributed by atoms with Crippen LogP contribution in [-0.4, -0.2) is 36.1 Å². The SMILES string of the molecule is CCN(CC)c1nc(C)cc(C(=O)OC)n1. The van der Waals surface area contributed by atoms with Gasteiger partial charge in [0.2, 0.25) is 5.95 Å². The maximum absolute atomic E-state index is 11.4. The van der Waals surface area contributed by atoms with Gasteiger partial charge in [0.15, 0.2) is 5.69 Å². The molecule has 5 nitrogen and oxygen atoms in total. The topological polar surface area (TPSA) is 55.3 Å². The molecule has 16 heavy (non-hydrogen) atoms. The van der Waals surface area contributed by atoms with E-state index in [0.29, 0.717) is 11.6 Å². The number of esters is 1. The zero-order valence-electron chi connectivity index (χ0n) is 10.1. The van der Waals surface area contributed by atoms with Crippen molar-refractivity contribution < 1.29 is 9.53 Å². The van der Waals surface area contributed by atoms with Crippen molar-refractivity contribution >= 4 is 11.9 Å². The van der Waals surface area contributed by atoms with Crippen LogP contribution in [0.25, 0.3) is 0 Å². The highest BCUT2D eigenvalue weighted by atomic mass is 16.5. The van der Waals surface area contributed by atoms with Crippen LogP contribution >= 0.6 is 0 Å². The van der Waals surface area contributed by atoms with Crippen molar-refractivity contribution in [3.63, 3.8) is 0 Å². The number of carbonyl (C=O) groups excluding carboxylic acids is 1. The van der Waals surface area contributed by atoms with Crippen LogP contribution in [0.4, 0.5) is 5.95 Å². The molecule has 1 aromatic heterocycles. The van der Waals surface area contributed by atoms with E-state index in [-0.39, 0.29) is 0 Å². The number of hydrogen-bond donors (Lipinski definition) is 0. The fourth-order valence-electron chi connectivity index (χ4n) is 1.41. The van der Waals surface area contributed by atoms with E-state index in [0.717, 1.165) is 18.8 Å². The zero-order valence-corrected chi connectivity index (χ0v) is 10.1. The van der Waals surface area contributed by atoms with E-state index >= 15 is 0 Å². The van der Waals surface area contributed by atoms with E-state index in [2.05, 4.69) is 14.7 Å². The quantitative estimate of drug-likeness (QED) is 0.722. The van der Waals surface area contributed by atoms with Crippen LogP contribution < -0.4 is 4.90 Å². The number of anilines is 1. The Labute approximate surface area is 95.5 Å². The Morgan fingerprint density at radius 1 is 1.38 bits per heavy atom. The Morgan fingerprint density at radius 3 is 2.50 bits per heavy atom. The molecule has 0 amide bonds. The van der Waals surface area contributed by atoms with Crippen molar-refractivity contribution in [2.45, 2.75) is 20.8 Å². The number of hydrogen-bond acceptors (Lipinski definition) is 5. The van der Waals surface area contributed by atoms with Crippen molar-refractivity contribution in [1.82, 2.24) is 9.97 Å². The minimum atomic E-state index is -0.432. The summed E-state index contributed by atoms with van der Waals surface area (Å²) in [6.45, 7) is 7.49. The first-order valence-electron chi connectivity index (χ1n) is 5.31. The van der Waals surface area contributed by atoms with Crippen LogP contribution in [0.2, 0.25) is 0 Å². The number of nitrogens with zero attached hydrogens (tertiary/aromatic N) is 3. The number of methoxy groups -OCH3 is 1. The Bertz CT molecular complexity index is 375. The molecule has 0 spiro atoms. The molecule has 0 N–H and O–H groups in total. The third-order valence-corrected chi connectivity index (χ3v) is 2.28. The smallest absolute Gasteiger partial charge is 0.356 e. The Balaban J connectivity index is 3.11. The van der Waals surface area contributed by atoms with Crippen LogP contribution in [0.15, 0.2) is 6.07 Å². The summed E-state index contributed by atoms with van der Waals surface area (Å²) in [4.78, 5) is 21.9. The number of aromatic nitrogens is 2. The second-order valence-corrected chi connectivity index (χ2v) is 3.36. The molecule has 5 heteroatoms. The first kappa shape index (κ1) is 12.4. The molecule has 0 unspecified atom stereocenters. The summed E-state index contributed by atoms with van der Waals surface area (Å²) in [6.07, 6.45) is 0. The van der Waals surface area contributed by atoms with Crippen LogP contribution in [-0.2, 0) is 4.74 Å². The van der Waals surface area contributed by atoms with Crippen molar-refractivity contribution in [1.29, 1.82) is 0 Å². The predicted molar refractivity (Wildman–Crippen MR) is 61.7 cm³/mol. The van der Waals surface area contributed by atoms with E-state index in [1.165, 1.54) is 7.11 Å². The lowest BCUT2D eigenvalue weighted by molar-refractivity contribution is 0.0593. The lowest BCUT2D eigenvalue weighted by Gasteiger charge is -2.19. The monoisotopic (exact) mass is 223 g/mol. The summed E-state index contributed by atoms with van der Waals surface area (Å²) in [7, 11) is 1.34. The van der Waals surface area contributed by atoms with Gasteiger partial charge in [-0.3, -0.25) is 0 Å². The number of carbonyl (C=O) groups is 1. The van der Waals surface area contributed by atoms with Crippen molar-refractivity contribution in [2.75, 3.05) is 25.1 Å². The summed E-state index contributed by atoms with van der Waals surface area (Å²) < 4.78 is 4.65. The van der Waals surface area contributed by atoms with E-state index in [4.69, 9.17) is 0 Å². The number of ether oxygens (including phenoxy) is 1. The van der Waals surface area contributed by atoms with E-state index in [9.17, 15) is 4.79 Å². The van der Waals surface area contributed by atoms with Gasteiger partial charge < -0.3 is 9.64 Å². The van der Waals surface area contributed by atoms with Crippen LogP contribution in [0.5, 0.6) is 0 Å². The maximum Gasteiger partial charge on any atom is 0.356 e. The summed E-state index contributed by atoms with van der Waals surface area (Å²) in [5.74, 6) is 0.143. The fourth-order valence-corrected chi connectivity index (χ4v) is 1.41. The van der Waals surface area contributed by atoms with E-state index in [1.807, 2.05) is 25.7 Å². The van der Waals surface area contributed by atoms with Gasteiger partial charge in [0.1, 0.15) is 0 Å². The molecule has 88 valence electrons. The third-order valence-electron chi connectivity index (χ3n) is 2.28. The zero-order chi connectivity index (χ0) is 12.1. The van der Waals surface area contributed by atoms with Gasteiger partial charge in [0.05, 0.1) is 7.11 Å².